The minimum atomic E-state index is -0.345. The van der Waals surface area contributed by atoms with Crippen LogP contribution < -0.4 is 10.2 Å². The lowest BCUT2D eigenvalue weighted by Gasteiger charge is -2.29. The highest BCUT2D eigenvalue weighted by Crippen LogP contribution is 2.29. The Hall–Kier alpha value is -3.25. The molecule has 4 rings (SSSR count). The third-order valence-corrected chi connectivity index (χ3v) is 5.55. The number of amides is 1. The first kappa shape index (κ1) is 21.0. The minimum Gasteiger partial charge on any atom is -0.378 e. The molecule has 5 nitrogen and oxygen atoms in total. The van der Waals surface area contributed by atoms with E-state index >= 15 is 0 Å². The van der Waals surface area contributed by atoms with Gasteiger partial charge >= 0.3 is 0 Å². The largest absolute Gasteiger partial charge is 0.378 e. The summed E-state index contributed by atoms with van der Waals surface area (Å²) in [4.78, 5) is 19.4. The van der Waals surface area contributed by atoms with Crippen LogP contribution in [-0.4, -0.2) is 37.2 Å². The molecular formula is C25H26FN3O2. The van der Waals surface area contributed by atoms with E-state index < -0.39 is 0 Å². The van der Waals surface area contributed by atoms with Gasteiger partial charge in [0.15, 0.2) is 0 Å². The van der Waals surface area contributed by atoms with E-state index in [1.54, 1.807) is 13.1 Å². The SMILES string of the molecule is Cc1cc(-c2ccc(N3CCOCC3)cc2CNC(=O)c2ccc(F)cc2C)ccn1. The van der Waals surface area contributed by atoms with Crippen LogP contribution in [0.5, 0.6) is 0 Å². The predicted molar refractivity (Wildman–Crippen MR) is 120 cm³/mol. The fourth-order valence-electron chi connectivity index (χ4n) is 3.89. The molecule has 0 aliphatic carbocycles. The molecule has 0 radical (unpaired) electrons. The molecule has 1 fully saturated rings. The number of hydrogen-bond acceptors (Lipinski definition) is 4. The number of nitrogens with zero attached hydrogens (tertiary/aromatic N) is 2. The standard InChI is InChI=1S/C25H26FN3O2/c1-17-13-21(26)3-5-23(17)25(30)28-16-20-15-22(29-9-11-31-12-10-29)4-6-24(20)19-7-8-27-18(2)14-19/h3-8,13-15H,9-12,16H2,1-2H3,(H,28,30). The molecule has 2 aromatic carbocycles. The third-order valence-electron chi connectivity index (χ3n) is 5.55. The molecule has 0 unspecified atom stereocenters. The number of aromatic nitrogens is 1. The fraction of sp³-hybridized carbons (Fsp3) is 0.280. The van der Waals surface area contributed by atoms with Gasteiger partial charge in [-0.1, -0.05) is 6.07 Å². The van der Waals surface area contributed by atoms with Crippen LogP contribution in [0.25, 0.3) is 11.1 Å². The second-order valence-corrected chi connectivity index (χ2v) is 7.77. The molecule has 1 aliphatic heterocycles. The van der Waals surface area contributed by atoms with Crippen LogP contribution in [0.3, 0.4) is 0 Å². The zero-order valence-corrected chi connectivity index (χ0v) is 17.8. The number of halogens is 1. The first-order chi connectivity index (χ1) is 15.0. The van der Waals surface area contributed by atoms with E-state index in [4.69, 9.17) is 4.74 Å². The summed E-state index contributed by atoms with van der Waals surface area (Å²) in [5.41, 5.74) is 6.27. The molecule has 0 atom stereocenters. The molecule has 1 saturated heterocycles. The Bertz CT molecular complexity index is 1090. The van der Waals surface area contributed by atoms with E-state index in [9.17, 15) is 9.18 Å². The van der Waals surface area contributed by atoms with Crippen molar-refractivity contribution in [3.63, 3.8) is 0 Å². The van der Waals surface area contributed by atoms with Crippen LogP contribution >= 0.6 is 0 Å². The number of benzene rings is 2. The summed E-state index contributed by atoms with van der Waals surface area (Å²) in [5, 5.41) is 3.01. The number of hydrogen-bond donors (Lipinski definition) is 1. The van der Waals surface area contributed by atoms with Gasteiger partial charge in [0.25, 0.3) is 5.91 Å². The molecule has 1 N–H and O–H groups in total. The maximum absolute atomic E-state index is 13.4. The monoisotopic (exact) mass is 419 g/mol. The second-order valence-electron chi connectivity index (χ2n) is 7.77. The van der Waals surface area contributed by atoms with E-state index in [1.807, 2.05) is 19.1 Å². The summed E-state index contributed by atoms with van der Waals surface area (Å²) < 4.78 is 18.9. The molecule has 1 aliphatic rings. The molecular weight excluding hydrogens is 393 g/mol. The maximum Gasteiger partial charge on any atom is 0.251 e. The first-order valence-electron chi connectivity index (χ1n) is 10.4. The smallest absolute Gasteiger partial charge is 0.251 e. The van der Waals surface area contributed by atoms with Gasteiger partial charge in [0.05, 0.1) is 13.2 Å². The number of ether oxygens (including phenoxy) is 1. The Labute approximate surface area is 181 Å². The average molecular weight is 420 g/mol. The Kier molecular flexibility index (Phi) is 6.28. The highest BCUT2D eigenvalue weighted by atomic mass is 19.1. The van der Waals surface area contributed by atoms with Crippen molar-refractivity contribution in [2.45, 2.75) is 20.4 Å². The molecule has 0 spiro atoms. The molecule has 31 heavy (non-hydrogen) atoms. The summed E-state index contributed by atoms with van der Waals surface area (Å²) in [6.07, 6.45) is 1.80. The van der Waals surface area contributed by atoms with Crippen LogP contribution in [0.1, 0.15) is 27.2 Å². The summed E-state index contributed by atoms with van der Waals surface area (Å²) in [7, 11) is 0. The van der Waals surface area contributed by atoms with Crippen LogP contribution in [0.15, 0.2) is 54.7 Å². The van der Waals surface area contributed by atoms with Gasteiger partial charge in [-0.15, -0.1) is 0 Å². The molecule has 2 heterocycles. The number of anilines is 1. The lowest BCUT2D eigenvalue weighted by Crippen LogP contribution is -2.36. The third kappa shape index (κ3) is 4.91. The van der Waals surface area contributed by atoms with Gasteiger partial charge < -0.3 is 15.0 Å². The Morgan fingerprint density at radius 2 is 1.90 bits per heavy atom. The molecule has 3 aromatic rings. The topological polar surface area (TPSA) is 54.5 Å². The number of aryl methyl sites for hydroxylation is 2. The lowest BCUT2D eigenvalue weighted by molar-refractivity contribution is 0.0950. The number of carbonyl (C=O) groups is 1. The van der Waals surface area contributed by atoms with E-state index in [2.05, 4.69) is 33.4 Å². The number of rotatable bonds is 5. The van der Waals surface area contributed by atoms with E-state index in [-0.39, 0.29) is 11.7 Å². The van der Waals surface area contributed by atoms with Gasteiger partial charge in [-0.2, -0.15) is 0 Å². The van der Waals surface area contributed by atoms with Gasteiger partial charge in [-0.3, -0.25) is 9.78 Å². The highest BCUT2D eigenvalue weighted by Gasteiger charge is 2.16. The zero-order chi connectivity index (χ0) is 21.8. The molecule has 1 aromatic heterocycles. The van der Waals surface area contributed by atoms with E-state index in [1.165, 1.54) is 18.2 Å². The highest BCUT2D eigenvalue weighted by molar-refractivity contribution is 5.95. The normalized spacial score (nSPS) is 13.8. The van der Waals surface area contributed by atoms with Gasteiger partial charge in [-0.05, 0) is 78.6 Å². The van der Waals surface area contributed by atoms with Crippen LogP contribution in [0.4, 0.5) is 10.1 Å². The summed E-state index contributed by atoms with van der Waals surface area (Å²) >= 11 is 0. The zero-order valence-electron chi connectivity index (χ0n) is 17.8. The Morgan fingerprint density at radius 1 is 1.10 bits per heavy atom. The van der Waals surface area contributed by atoms with Gasteiger partial charge in [0.2, 0.25) is 0 Å². The van der Waals surface area contributed by atoms with Gasteiger partial charge in [0, 0.05) is 42.8 Å². The van der Waals surface area contributed by atoms with Crippen LogP contribution in [-0.2, 0) is 11.3 Å². The number of carbonyl (C=O) groups excluding carboxylic acids is 1. The van der Waals surface area contributed by atoms with Crippen LogP contribution in [0.2, 0.25) is 0 Å². The van der Waals surface area contributed by atoms with Crippen LogP contribution in [0, 0.1) is 19.7 Å². The first-order valence-corrected chi connectivity index (χ1v) is 10.4. The lowest BCUT2D eigenvalue weighted by atomic mass is 9.98. The fourth-order valence-corrected chi connectivity index (χ4v) is 3.89. The van der Waals surface area contributed by atoms with Crippen molar-refractivity contribution in [1.29, 1.82) is 0 Å². The Morgan fingerprint density at radius 3 is 2.65 bits per heavy atom. The molecule has 1 amide bonds. The molecule has 0 saturated carbocycles. The second kappa shape index (κ2) is 9.27. The minimum absolute atomic E-state index is 0.217. The maximum atomic E-state index is 13.4. The van der Waals surface area contributed by atoms with Crippen molar-refractivity contribution < 1.29 is 13.9 Å². The summed E-state index contributed by atoms with van der Waals surface area (Å²) in [5.74, 6) is -0.561. The summed E-state index contributed by atoms with van der Waals surface area (Å²) in [6, 6.07) is 14.6. The van der Waals surface area contributed by atoms with Crippen molar-refractivity contribution in [1.82, 2.24) is 10.3 Å². The quantitative estimate of drug-likeness (QED) is 0.671. The number of morpholine rings is 1. The molecule has 160 valence electrons. The van der Waals surface area contributed by atoms with Crippen molar-refractivity contribution in [3.8, 4) is 11.1 Å². The van der Waals surface area contributed by atoms with Crippen molar-refractivity contribution in [2.24, 2.45) is 0 Å². The van der Waals surface area contributed by atoms with E-state index in [0.29, 0.717) is 30.9 Å². The average Bonchev–Trinajstić information content (AvgIpc) is 2.78. The van der Waals surface area contributed by atoms with Crippen molar-refractivity contribution in [2.75, 3.05) is 31.2 Å². The van der Waals surface area contributed by atoms with Crippen molar-refractivity contribution >= 4 is 11.6 Å². The predicted octanol–water partition coefficient (Wildman–Crippen LogP) is 4.27. The summed E-state index contributed by atoms with van der Waals surface area (Å²) in [6.45, 7) is 7.17. The number of nitrogens with one attached hydrogen (secondary N) is 1. The molecule has 0 bridgehead atoms. The van der Waals surface area contributed by atoms with Gasteiger partial charge in [-0.25, -0.2) is 4.39 Å². The van der Waals surface area contributed by atoms with Crippen molar-refractivity contribution in [3.05, 3.63) is 82.9 Å². The van der Waals surface area contributed by atoms with E-state index in [0.717, 1.165) is 41.2 Å². The number of pyridine rings is 1. The Balaban J connectivity index is 1.63. The molecule has 6 heteroatoms. The van der Waals surface area contributed by atoms with Gasteiger partial charge in [0.1, 0.15) is 5.82 Å².